The molecule has 1 aromatic carbocycles. The molecule has 17 heavy (non-hydrogen) atoms. The molecule has 4 heteroatoms. The summed E-state index contributed by atoms with van der Waals surface area (Å²) >= 11 is 0. The minimum Gasteiger partial charge on any atom is -0.496 e. The van der Waals surface area contributed by atoms with Gasteiger partial charge in [0, 0.05) is 17.5 Å². The molecule has 0 atom stereocenters. The molecule has 0 unspecified atom stereocenters. The third kappa shape index (κ3) is 2.10. The van der Waals surface area contributed by atoms with Gasteiger partial charge in [0.2, 0.25) is 0 Å². The first kappa shape index (κ1) is 10.9. The van der Waals surface area contributed by atoms with Crippen LogP contribution in [0.4, 0.5) is 0 Å². The second kappa shape index (κ2) is 3.89. The number of hydrogen-bond acceptors (Lipinski definition) is 4. The van der Waals surface area contributed by atoms with Crippen molar-refractivity contribution in [2.75, 3.05) is 13.9 Å². The van der Waals surface area contributed by atoms with E-state index in [1.165, 1.54) is 0 Å². The quantitative estimate of drug-likeness (QED) is 0.866. The maximum absolute atomic E-state index is 9.99. The molecule has 1 aromatic rings. The highest BCUT2D eigenvalue weighted by Gasteiger charge is 2.41. The first-order valence-corrected chi connectivity index (χ1v) is 5.83. The zero-order valence-corrected chi connectivity index (χ0v) is 9.86. The highest BCUT2D eigenvalue weighted by atomic mass is 16.7. The lowest BCUT2D eigenvalue weighted by molar-refractivity contribution is -0.0166. The average molecular weight is 236 g/mol. The zero-order chi connectivity index (χ0) is 11.9. The van der Waals surface area contributed by atoms with E-state index in [2.05, 4.69) is 0 Å². The Morgan fingerprint density at radius 1 is 1.41 bits per heavy atom. The number of benzene rings is 1. The number of hydrogen-bond donors (Lipinski definition) is 1. The summed E-state index contributed by atoms with van der Waals surface area (Å²) in [6.45, 7) is 0.847. The lowest BCUT2D eigenvalue weighted by Gasteiger charge is -2.21. The van der Waals surface area contributed by atoms with E-state index in [4.69, 9.17) is 14.2 Å². The summed E-state index contributed by atoms with van der Waals surface area (Å²) in [6, 6.07) is 3.91. The van der Waals surface area contributed by atoms with Gasteiger partial charge in [-0.15, -0.1) is 0 Å². The van der Waals surface area contributed by atoms with Crippen LogP contribution in [0.25, 0.3) is 0 Å². The summed E-state index contributed by atoms with van der Waals surface area (Å²) in [5.74, 6) is 1.65. The van der Waals surface area contributed by atoms with Gasteiger partial charge < -0.3 is 19.3 Å². The van der Waals surface area contributed by atoms with Gasteiger partial charge in [-0.2, -0.15) is 0 Å². The first-order valence-electron chi connectivity index (χ1n) is 5.83. The van der Waals surface area contributed by atoms with Crippen molar-refractivity contribution in [3.8, 4) is 11.5 Å². The third-order valence-electron chi connectivity index (χ3n) is 3.37. The van der Waals surface area contributed by atoms with Crippen LogP contribution in [-0.2, 0) is 17.8 Å². The summed E-state index contributed by atoms with van der Waals surface area (Å²) < 4.78 is 16.0. The van der Waals surface area contributed by atoms with Gasteiger partial charge in [-0.25, -0.2) is 0 Å². The van der Waals surface area contributed by atoms with Crippen molar-refractivity contribution in [3.63, 3.8) is 0 Å². The van der Waals surface area contributed by atoms with Gasteiger partial charge in [-0.1, -0.05) is 0 Å². The molecule has 1 aliphatic carbocycles. The van der Waals surface area contributed by atoms with Crippen molar-refractivity contribution in [3.05, 3.63) is 23.3 Å². The highest BCUT2D eigenvalue weighted by molar-refractivity contribution is 5.47. The minimum atomic E-state index is -0.521. The van der Waals surface area contributed by atoms with Gasteiger partial charge in [0.1, 0.15) is 11.5 Å². The van der Waals surface area contributed by atoms with E-state index in [0.29, 0.717) is 19.8 Å². The molecular formula is C13H16O4. The molecule has 0 aromatic heterocycles. The Balaban J connectivity index is 1.94. The normalized spacial score (nSPS) is 20.4. The SMILES string of the molecule is COc1cc2c(cc1CC1(O)CC1)OCOC2. The van der Waals surface area contributed by atoms with Crippen LogP contribution in [-0.4, -0.2) is 24.6 Å². The van der Waals surface area contributed by atoms with Crippen molar-refractivity contribution in [1.29, 1.82) is 0 Å². The van der Waals surface area contributed by atoms with Crippen molar-refractivity contribution in [2.45, 2.75) is 31.5 Å². The van der Waals surface area contributed by atoms with E-state index in [0.717, 1.165) is 35.5 Å². The molecule has 0 radical (unpaired) electrons. The van der Waals surface area contributed by atoms with Gasteiger partial charge in [0.15, 0.2) is 6.79 Å². The highest BCUT2D eigenvalue weighted by Crippen LogP contribution is 2.42. The maximum atomic E-state index is 9.99. The molecular weight excluding hydrogens is 220 g/mol. The molecule has 1 heterocycles. The lowest BCUT2D eigenvalue weighted by atomic mass is 10.0. The van der Waals surface area contributed by atoms with Crippen LogP contribution in [0.1, 0.15) is 24.0 Å². The summed E-state index contributed by atoms with van der Waals surface area (Å²) in [4.78, 5) is 0. The smallest absolute Gasteiger partial charge is 0.189 e. The van der Waals surface area contributed by atoms with Crippen LogP contribution in [0.15, 0.2) is 12.1 Å². The predicted molar refractivity (Wildman–Crippen MR) is 61.2 cm³/mol. The second-order valence-electron chi connectivity index (χ2n) is 4.78. The molecule has 0 saturated heterocycles. The molecule has 92 valence electrons. The van der Waals surface area contributed by atoms with Crippen molar-refractivity contribution in [1.82, 2.24) is 0 Å². The molecule has 1 aliphatic heterocycles. The summed E-state index contributed by atoms with van der Waals surface area (Å²) in [5, 5.41) is 9.99. The van der Waals surface area contributed by atoms with Crippen LogP contribution in [0.5, 0.6) is 11.5 Å². The predicted octanol–water partition coefficient (Wildman–Crippen LogP) is 1.63. The Kier molecular flexibility index (Phi) is 2.49. The lowest BCUT2D eigenvalue weighted by Crippen LogP contribution is -2.15. The maximum Gasteiger partial charge on any atom is 0.189 e. The van der Waals surface area contributed by atoms with E-state index >= 15 is 0 Å². The number of methoxy groups -OCH3 is 1. The monoisotopic (exact) mass is 236 g/mol. The van der Waals surface area contributed by atoms with E-state index in [1.54, 1.807) is 7.11 Å². The Morgan fingerprint density at radius 2 is 2.24 bits per heavy atom. The molecule has 3 rings (SSSR count). The van der Waals surface area contributed by atoms with Crippen molar-refractivity contribution in [2.24, 2.45) is 0 Å². The van der Waals surface area contributed by atoms with Crippen LogP contribution in [0.2, 0.25) is 0 Å². The van der Waals surface area contributed by atoms with Gasteiger partial charge in [-0.05, 0) is 25.0 Å². The fraction of sp³-hybridized carbons (Fsp3) is 0.538. The van der Waals surface area contributed by atoms with Gasteiger partial charge in [0.25, 0.3) is 0 Å². The topological polar surface area (TPSA) is 47.9 Å². The number of aliphatic hydroxyl groups is 1. The van der Waals surface area contributed by atoms with Crippen molar-refractivity contribution >= 4 is 0 Å². The summed E-state index contributed by atoms with van der Waals surface area (Å²) in [5.41, 5.74) is 1.49. The number of ether oxygens (including phenoxy) is 3. The molecule has 0 spiro atoms. The Morgan fingerprint density at radius 3 is 2.94 bits per heavy atom. The van der Waals surface area contributed by atoms with Gasteiger partial charge in [-0.3, -0.25) is 0 Å². The Labute approximate surface area is 100 Å². The van der Waals surface area contributed by atoms with Crippen LogP contribution < -0.4 is 9.47 Å². The van der Waals surface area contributed by atoms with E-state index in [-0.39, 0.29) is 0 Å². The van der Waals surface area contributed by atoms with Crippen molar-refractivity contribution < 1.29 is 19.3 Å². The first-order chi connectivity index (χ1) is 8.20. The Hall–Kier alpha value is -1.26. The zero-order valence-electron chi connectivity index (χ0n) is 9.86. The Bertz CT molecular complexity index is 437. The fourth-order valence-electron chi connectivity index (χ4n) is 2.15. The van der Waals surface area contributed by atoms with E-state index in [9.17, 15) is 5.11 Å². The minimum absolute atomic E-state index is 0.295. The molecule has 1 N–H and O–H groups in total. The molecule has 0 bridgehead atoms. The summed E-state index contributed by atoms with van der Waals surface area (Å²) in [6.07, 6.45) is 2.38. The molecule has 4 nitrogen and oxygen atoms in total. The number of fused-ring (bicyclic) bond motifs is 1. The van der Waals surface area contributed by atoms with Gasteiger partial charge in [0.05, 0.1) is 19.3 Å². The molecule has 2 aliphatic rings. The molecule has 1 fully saturated rings. The van der Waals surface area contributed by atoms with Crippen LogP contribution in [0.3, 0.4) is 0 Å². The van der Waals surface area contributed by atoms with E-state index in [1.807, 2.05) is 12.1 Å². The molecule has 0 amide bonds. The van der Waals surface area contributed by atoms with Crippen LogP contribution >= 0.6 is 0 Å². The van der Waals surface area contributed by atoms with Crippen LogP contribution in [0, 0.1) is 0 Å². The van der Waals surface area contributed by atoms with E-state index < -0.39 is 5.60 Å². The largest absolute Gasteiger partial charge is 0.496 e. The fourth-order valence-corrected chi connectivity index (χ4v) is 2.15. The van der Waals surface area contributed by atoms with Gasteiger partial charge >= 0.3 is 0 Å². The standard InChI is InChI=1S/C13H16O4/c1-15-11-5-10-7-16-8-17-12(10)4-9(11)6-13(14)2-3-13/h4-5,14H,2-3,6-8H2,1H3. The molecule has 1 saturated carbocycles. The summed E-state index contributed by atoms with van der Waals surface area (Å²) in [7, 11) is 1.65. The second-order valence-corrected chi connectivity index (χ2v) is 4.78. The number of rotatable bonds is 3. The third-order valence-corrected chi connectivity index (χ3v) is 3.37. The average Bonchev–Trinajstić information content (AvgIpc) is 3.06.